The van der Waals surface area contributed by atoms with Crippen LogP contribution in [0.2, 0.25) is 0 Å². The van der Waals surface area contributed by atoms with Crippen LogP contribution in [0.4, 0.5) is 5.69 Å². The predicted molar refractivity (Wildman–Crippen MR) is 119 cm³/mol. The van der Waals surface area contributed by atoms with Crippen molar-refractivity contribution in [2.24, 2.45) is 0 Å². The van der Waals surface area contributed by atoms with Gasteiger partial charge in [-0.3, -0.25) is 14.9 Å². The molecular weight excluding hydrogens is 428 g/mol. The lowest BCUT2D eigenvalue weighted by atomic mass is 10.0. The van der Waals surface area contributed by atoms with Crippen LogP contribution in [0, 0.1) is 17.0 Å². The third kappa shape index (κ3) is 3.49. The minimum Gasteiger partial charge on any atom is -0.465 e. The van der Waals surface area contributed by atoms with E-state index in [1.807, 2.05) is 19.1 Å². The molecule has 0 atom stereocenters. The summed E-state index contributed by atoms with van der Waals surface area (Å²) in [5, 5.41) is 12.0. The minimum atomic E-state index is -0.909. The molecule has 4 rings (SSSR count). The Labute approximate surface area is 187 Å². The summed E-state index contributed by atoms with van der Waals surface area (Å²) in [6, 6.07) is 14.0. The number of aryl methyl sites for hydroxylation is 1. The number of pyridine rings is 1. The van der Waals surface area contributed by atoms with Gasteiger partial charge in [-0.2, -0.15) is 0 Å². The number of non-ortho nitro benzene ring substituents is 1. The largest absolute Gasteiger partial charge is 0.465 e. The van der Waals surface area contributed by atoms with Crippen LogP contribution in [0.25, 0.3) is 16.4 Å². The fourth-order valence-electron chi connectivity index (χ4n) is 3.90. The summed E-state index contributed by atoms with van der Waals surface area (Å²) < 4.78 is 11.3. The molecule has 0 aliphatic carbocycles. The third-order valence-corrected chi connectivity index (χ3v) is 5.37. The van der Waals surface area contributed by atoms with E-state index in [-0.39, 0.29) is 33.6 Å². The van der Waals surface area contributed by atoms with Gasteiger partial charge in [0.25, 0.3) is 5.69 Å². The van der Waals surface area contributed by atoms with Crippen LogP contribution in [-0.2, 0) is 9.47 Å². The Hall–Kier alpha value is -4.53. The van der Waals surface area contributed by atoms with E-state index >= 15 is 0 Å². The van der Waals surface area contributed by atoms with Gasteiger partial charge in [-0.15, -0.1) is 0 Å². The highest BCUT2D eigenvalue weighted by molar-refractivity contribution is 6.20. The lowest BCUT2D eigenvalue weighted by Gasteiger charge is -2.09. The molecule has 2 aromatic carbocycles. The number of methoxy groups -OCH3 is 2. The summed E-state index contributed by atoms with van der Waals surface area (Å²) in [6.07, 6.45) is 0. The third-order valence-electron chi connectivity index (χ3n) is 5.37. The van der Waals surface area contributed by atoms with E-state index in [0.717, 1.165) is 24.1 Å². The summed E-state index contributed by atoms with van der Waals surface area (Å²) in [5.41, 5.74) is 0.965. The minimum absolute atomic E-state index is 0.0192. The Morgan fingerprint density at radius 2 is 1.55 bits per heavy atom. The van der Waals surface area contributed by atoms with E-state index in [4.69, 9.17) is 9.47 Å². The summed E-state index contributed by atoms with van der Waals surface area (Å²) in [4.78, 5) is 49.9. The zero-order chi connectivity index (χ0) is 23.9. The number of carbonyl (C=O) groups excluding carboxylic acids is 3. The molecule has 0 amide bonds. The average molecular weight is 446 g/mol. The molecule has 2 aromatic heterocycles. The number of rotatable bonds is 5. The number of benzene rings is 2. The molecule has 0 radical (unpaired) electrons. The Bertz CT molecular complexity index is 1480. The lowest BCUT2D eigenvalue weighted by molar-refractivity contribution is -0.384. The highest BCUT2D eigenvalue weighted by Gasteiger charge is 2.34. The zero-order valence-corrected chi connectivity index (χ0v) is 17.9. The first-order valence-electron chi connectivity index (χ1n) is 9.82. The zero-order valence-electron chi connectivity index (χ0n) is 17.9. The van der Waals surface area contributed by atoms with Crippen LogP contribution in [0.5, 0.6) is 0 Å². The van der Waals surface area contributed by atoms with E-state index in [1.165, 1.54) is 29.7 Å². The van der Waals surface area contributed by atoms with Gasteiger partial charge in [0.15, 0.2) is 0 Å². The number of aromatic nitrogens is 1. The van der Waals surface area contributed by atoms with Crippen molar-refractivity contribution < 1.29 is 28.8 Å². The Morgan fingerprint density at radius 3 is 2.21 bits per heavy atom. The second-order valence-electron chi connectivity index (χ2n) is 7.33. The van der Waals surface area contributed by atoms with E-state index in [0.29, 0.717) is 5.52 Å². The van der Waals surface area contributed by atoms with Gasteiger partial charge in [-0.1, -0.05) is 29.8 Å². The summed E-state index contributed by atoms with van der Waals surface area (Å²) in [6.45, 7) is 1.91. The molecule has 166 valence electrons. The normalized spacial score (nSPS) is 10.9. The SMILES string of the molecule is COC(=O)c1c(C(=O)OC)c2ccc3cc(C)ccc3n2c1C(=O)c1cccc([N+](=O)[O-])c1. The van der Waals surface area contributed by atoms with Gasteiger partial charge in [0.2, 0.25) is 5.78 Å². The average Bonchev–Trinajstić information content (AvgIpc) is 3.17. The molecule has 0 spiro atoms. The first-order valence-corrected chi connectivity index (χ1v) is 9.82. The number of nitro groups is 1. The van der Waals surface area contributed by atoms with E-state index in [2.05, 4.69) is 0 Å². The van der Waals surface area contributed by atoms with Gasteiger partial charge < -0.3 is 13.9 Å². The van der Waals surface area contributed by atoms with Gasteiger partial charge in [-0.25, -0.2) is 9.59 Å². The molecule has 9 nitrogen and oxygen atoms in total. The number of nitrogens with zero attached hydrogens (tertiary/aromatic N) is 2. The molecule has 4 aromatic rings. The fourth-order valence-corrected chi connectivity index (χ4v) is 3.90. The van der Waals surface area contributed by atoms with Crippen LogP contribution in [0.3, 0.4) is 0 Å². The second-order valence-corrected chi connectivity index (χ2v) is 7.33. The summed E-state index contributed by atoms with van der Waals surface area (Å²) >= 11 is 0. The molecule has 0 aliphatic rings. The monoisotopic (exact) mass is 446 g/mol. The van der Waals surface area contributed by atoms with Crippen LogP contribution in [0.1, 0.15) is 42.3 Å². The number of carbonyl (C=O) groups is 3. The number of esters is 2. The van der Waals surface area contributed by atoms with Gasteiger partial charge in [0.05, 0.1) is 30.2 Å². The van der Waals surface area contributed by atoms with Crippen molar-refractivity contribution in [3.8, 4) is 0 Å². The fraction of sp³-hybridized carbons (Fsp3) is 0.125. The highest BCUT2D eigenvalue weighted by Crippen LogP contribution is 2.32. The molecule has 0 saturated heterocycles. The van der Waals surface area contributed by atoms with Gasteiger partial charge in [0.1, 0.15) is 16.8 Å². The topological polar surface area (TPSA) is 117 Å². The maximum atomic E-state index is 13.7. The van der Waals surface area contributed by atoms with Crippen molar-refractivity contribution in [2.45, 2.75) is 6.92 Å². The second kappa shape index (κ2) is 8.19. The van der Waals surface area contributed by atoms with Crippen molar-refractivity contribution >= 4 is 39.8 Å². The molecule has 0 aliphatic heterocycles. The van der Waals surface area contributed by atoms with Crippen LogP contribution >= 0.6 is 0 Å². The number of ketones is 1. The Balaban J connectivity index is 2.18. The molecular formula is C24H18N2O7. The maximum absolute atomic E-state index is 13.7. The number of nitro benzene ring substituents is 1. The molecule has 0 N–H and O–H groups in total. The van der Waals surface area contributed by atoms with Crippen molar-refractivity contribution in [1.82, 2.24) is 4.40 Å². The first kappa shape index (κ1) is 21.7. The van der Waals surface area contributed by atoms with Crippen LogP contribution < -0.4 is 0 Å². The number of fused-ring (bicyclic) bond motifs is 3. The Kier molecular flexibility index (Phi) is 5.39. The molecule has 0 bridgehead atoms. The molecule has 0 unspecified atom stereocenters. The van der Waals surface area contributed by atoms with E-state index in [1.54, 1.807) is 18.2 Å². The van der Waals surface area contributed by atoms with Crippen molar-refractivity contribution in [3.05, 3.63) is 92.7 Å². The van der Waals surface area contributed by atoms with E-state index < -0.39 is 22.6 Å². The maximum Gasteiger partial charge on any atom is 0.341 e. The van der Waals surface area contributed by atoms with Gasteiger partial charge >= 0.3 is 11.9 Å². The number of hydrogen-bond acceptors (Lipinski definition) is 7. The van der Waals surface area contributed by atoms with Crippen molar-refractivity contribution in [1.29, 1.82) is 0 Å². The van der Waals surface area contributed by atoms with E-state index in [9.17, 15) is 24.5 Å². The van der Waals surface area contributed by atoms with Crippen LogP contribution in [-0.4, -0.2) is 41.3 Å². The van der Waals surface area contributed by atoms with Gasteiger partial charge in [0, 0.05) is 17.7 Å². The quantitative estimate of drug-likeness (QED) is 0.196. The Morgan fingerprint density at radius 1 is 0.879 bits per heavy atom. The van der Waals surface area contributed by atoms with Gasteiger partial charge in [-0.05, 0) is 30.5 Å². The highest BCUT2D eigenvalue weighted by atomic mass is 16.6. The predicted octanol–water partition coefficient (Wildman–Crippen LogP) is 4.11. The van der Waals surface area contributed by atoms with Crippen LogP contribution in [0.15, 0.2) is 54.6 Å². The van der Waals surface area contributed by atoms with Crippen molar-refractivity contribution in [2.75, 3.05) is 14.2 Å². The smallest absolute Gasteiger partial charge is 0.341 e. The first-order chi connectivity index (χ1) is 15.8. The molecule has 9 heteroatoms. The number of hydrogen-bond donors (Lipinski definition) is 0. The molecule has 33 heavy (non-hydrogen) atoms. The van der Waals surface area contributed by atoms with Crippen molar-refractivity contribution in [3.63, 3.8) is 0 Å². The molecule has 2 heterocycles. The standard InChI is InChI=1S/C24H18N2O7/c1-13-7-9-17-14(11-13)8-10-18-19(23(28)32-2)20(24(29)33-3)21(25(17)18)22(27)15-5-4-6-16(12-15)26(30)31/h4-12H,1-3H3. The lowest BCUT2D eigenvalue weighted by Crippen LogP contribution is -2.15. The molecule has 0 saturated carbocycles. The summed E-state index contributed by atoms with van der Waals surface area (Å²) in [5.74, 6) is -2.41. The summed E-state index contributed by atoms with van der Waals surface area (Å²) in [7, 11) is 2.30. The molecule has 0 fully saturated rings. The number of ether oxygens (including phenoxy) is 2.